The van der Waals surface area contributed by atoms with Crippen LogP contribution in [0.2, 0.25) is 0 Å². The molecule has 1 aromatic carbocycles. The van der Waals surface area contributed by atoms with Crippen LogP contribution in [0.5, 0.6) is 0 Å². The van der Waals surface area contributed by atoms with Gasteiger partial charge in [-0.25, -0.2) is 0 Å². The van der Waals surface area contributed by atoms with Gasteiger partial charge in [-0.05, 0) is 25.1 Å². The number of carbonyl (C=O) groups is 1. The first-order valence-corrected chi connectivity index (χ1v) is 7.45. The van der Waals surface area contributed by atoms with Crippen molar-refractivity contribution in [3.63, 3.8) is 0 Å². The van der Waals surface area contributed by atoms with Crippen molar-refractivity contribution in [2.75, 3.05) is 44.7 Å². The lowest BCUT2D eigenvalue weighted by Gasteiger charge is -2.34. The van der Waals surface area contributed by atoms with Gasteiger partial charge in [0.15, 0.2) is 4.99 Å². The van der Waals surface area contributed by atoms with E-state index in [2.05, 4.69) is 18.0 Å². The summed E-state index contributed by atoms with van der Waals surface area (Å²) >= 11 is 5.42. The van der Waals surface area contributed by atoms with Crippen LogP contribution < -0.4 is 4.90 Å². The fourth-order valence-electron chi connectivity index (χ4n) is 2.81. The molecule has 0 unspecified atom stereocenters. The second-order valence-electron chi connectivity index (χ2n) is 5.43. The number of amides is 1. The lowest BCUT2D eigenvalue weighted by Crippen LogP contribution is -2.51. The van der Waals surface area contributed by atoms with Gasteiger partial charge in [0, 0.05) is 38.4 Å². The molecule has 20 heavy (non-hydrogen) atoms. The zero-order valence-corrected chi connectivity index (χ0v) is 12.5. The van der Waals surface area contributed by atoms with Crippen LogP contribution in [0.3, 0.4) is 0 Å². The van der Waals surface area contributed by atoms with E-state index in [9.17, 15) is 4.79 Å². The number of likely N-dealkylation sites (N-methyl/N-ethyl adjacent to an activating group) is 1. The smallest absolute Gasteiger partial charge is 0.285 e. The molecule has 1 fully saturated rings. The first kappa shape index (κ1) is 13.5. The molecule has 0 spiro atoms. The summed E-state index contributed by atoms with van der Waals surface area (Å²) in [6.45, 7) is 4.35. The van der Waals surface area contributed by atoms with Gasteiger partial charge in [0.05, 0.1) is 0 Å². The average Bonchev–Trinajstić information content (AvgIpc) is 2.90. The van der Waals surface area contributed by atoms with Gasteiger partial charge in [0.2, 0.25) is 0 Å². The van der Waals surface area contributed by atoms with Crippen molar-refractivity contribution in [1.29, 1.82) is 0 Å². The van der Waals surface area contributed by atoms with Crippen LogP contribution in [0.25, 0.3) is 0 Å². The standard InChI is InChI=1S/C15H19N3OS/c1-16-8-10-17(11-9-16)15(20)14(19)18-7-6-12-4-2-3-5-13(12)18/h2-5H,6-11H2,1H3. The third kappa shape index (κ3) is 2.43. The van der Waals surface area contributed by atoms with E-state index in [-0.39, 0.29) is 5.91 Å². The van der Waals surface area contributed by atoms with Crippen molar-refractivity contribution in [2.24, 2.45) is 0 Å². The van der Waals surface area contributed by atoms with E-state index in [0.717, 1.165) is 44.8 Å². The van der Waals surface area contributed by atoms with Crippen LogP contribution in [-0.4, -0.2) is 60.5 Å². The zero-order valence-electron chi connectivity index (χ0n) is 11.7. The van der Waals surface area contributed by atoms with E-state index < -0.39 is 0 Å². The molecule has 0 radical (unpaired) electrons. The Bertz CT molecular complexity index is 538. The maximum Gasteiger partial charge on any atom is 0.285 e. The largest absolute Gasteiger partial charge is 0.356 e. The molecule has 4 nitrogen and oxygen atoms in total. The molecule has 0 aliphatic carbocycles. The second-order valence-corrected chi connectivity index (χ2v) is 5.82. The van der Waals surface area contributed by atoms with Crippen molar-refractivity contribution < 1.29 is 4.79 Å². The molecule has 3 rings (SSSR count). The number of anilines is 1. The number of hydrogen-bond donors (Lipinski definition) is 0. The highest BCUT2D eigenvalue weighted by atomic mass is 32.1. The molecule has 0 saturated carbocycles. The Morgan fingerprint density at radius 2 is 1.80 bits per heavy atom. The van der Waals surface area contributed by atoms with Gasteiger partial charge >= 0.3 is 0 Å². The number of nitrogens with zero attached hydrogens (tertiary/aromatic N) is 3. The molecule has 1 amide bonds. The molecule has 2 aliphatic rings. The minimum absolute atomic E-state index is 0.0190. The first-order valence-electron chi connectivity index (χ1n) is 7.04. The van der Waals surface area contributed by atoms with Crippen LogP contribution in [0.15, 0.2) is 24.3 Å². The molecular weight excluding hydrogens is 270 g/mol. The van der Waals surface area contributed by atoms with Gasteiger partial charge in [0.25, 0.3) is 5.91 Å². The number of thiocarbonyl (C=S) groups is 1. The third-order valence-corrected chi connectivity index (χ3v) is 4.54. The molecule has 2 heterocycles. The van der Waals surface area contributed by atoms with Crippen molar-refractivity contribution in [3.8, 4) is 0 Å². The number of hydrogen-bond acceptors (Lipinski definition) is 3. The van der Waals surface area contributed by atoms with Gasteiger partial charge in [-0.1, -0.05) is 30.4 Å². The Labute approximate surface area is 125 Å². The molecule has 2 aliphatic heterocycles. The highest BCUT2D eigenvalue weighted by molar-refractivity contribution is 7.82. The monoisotopic (exact) mass is 289 g/mol. The summed E-state index contributed by atoms with van der Waals surface area (Å²) in [5, 5.41) is 0. The Hall–Kier alpha value is -1.46. The maximum atomic E-state index is 12.6. The summed E-state index contributed by atoms with van der Waals surface area (Å²) < 4.78 is 0. The van der Waals surface area contributed by atoms with Crippen LogP contribution in [0.1, 0.15) is 5.56 Å². The molecule has 0 N–H and O–H groups in total. The highest BCUT2D eigenvalue weighted by Gasteiger charge is 2.30. The predicted molar refractivity (Wildman–Crippen MR) is 84.2 cm³/mol. The van der Waals surface area contributed by atoms with Gasteiger partial charge in [-0.3, -0.25) is 4.79 Å². The van der Waals surface area contributed by atoms with E-state index >= 15 is 0 Å². The lowest BCUT2D eigenvalue weighted by molar-refractivity contribution is -0.113. The summed E-state index contributed by atoms with van der Waals surface area (Å²) in [5.74, 6) is -0.0190. The molecule has 1 aromatic rings. The van der Waals surface area contributed by atoms with Gasteiger partial charge < -0.3 is 14.7 Å². The molecule has 0 atom stereocenters. The van der Waals surface area contributed by atoms with Crippen molar-refractivity contribution in [1.82, 2.24) is 9.80 Å². The van der Waals surface area contributed by atoms with Gasteiger partial charge in [-0.15, -0.1) is 0 Å². The Kier molecular flexibility index (Phi) is 3.72. The van der Waals surface area contributed by atoms with E-state index in [1.165, 1.54) is 5.56 Å². The zero-order chi connectivity index (χ0) is 14.1. The summed E-state index contributed by atoms with van der Waals surface area (Å²) in [6.07, 6.45) is 0.924. The molecule has 106 valence electrons. The third-order valence-electron chi connectivity index (χ3n) is 4.11. The molecule has 5 heteroatoms. The summed E-state index contributed by atoms with van der Waals surface area (Å²) in [4.78, 5) is 19.2. The minimum atomic E-state index is -0.0190. The van der Waals surface area contributed by atoms with Crippen LogP contribution in [-0.2, 0) is 11.2 Å². The SMILES string of the molecule is CN1CCN(C(=S)C(=O)N2CCc3ccccc32)CC1. The van der Waals surface area contributed by atoms with E-state index in [0.29, 0.717) is 4.99 Å². The first-order chi connectivity index (χ1) is 9.66. The average molecular weight is 289 g/mol. The highest BCUT2D eigenvalue weighted by Crippen LogP contribution is 2.27. The second kappa shape index (κ2) is 5.50. The Morgan fingerprint density at radius 1 is 1.10 bits per heavy atom. The summed E-state index contributed by atoms with van der Waals surface area (Å²) in [7, 11) is 2.10. The quantitative estimate of drug-likeness (QED) is 0.670. The van der Waals surface area contributed by atoms with Crippen molar-refractivity contribution in [2.45, 2.75) is 6.42 Å². The number of rotatable bonds is 0. The summed E-state index contributed by atoms with van der Waals surface area (Å²) in [6, 6.07) is 8.09. The normalized spacial score (nSPS) is 19.1. The van der Waals surface area contributed by atoms with Crippen LogP contribution in [0, 0.1) is 0 Å². The van der Waals surface area contributed by atoms with Gasteiger partial charge in [0.1, 0.15) is 0 Å². The fourth-order valence-corrected chi connectivity index (χ4v) is 3.10. The maximum absolute atomic E-state index is 12.6. The number of benzene rings is 1. The van der Waals surface area contributed by atoms with E-state index in [1.807, 2.05) is 28.0 Å². The predicted octanol–water partition coefficient (Wildman–Crippen LogP) is 1.15. The number of carbonyl (C=O) groups excluding carboxylic acids is 1. The minimum Gasteiger partial charge on any atom is -0.356 e. The lowest BCUT2D eigenvalue weighted by atomic mass is 10.2. The van der Waals surface area contributed by atoms with Crippen LogP contribution in [0.4, 0.5) is 5.69 Å². The number of fused-ring (bicyclic) bond motifs is 1. The number of piperazine rings is 1. The molecule has 1 saturated heterocycles. The molecule has 0 aromatic heterocycles. The van der Waals surface area contributed by atoms with Gasteiger partial charge in [-0.2, -0.15) is 0 Å². The summed E-state index contributed by atoms with van der Waals surface area (Å²) in [5.41, 5.74) is 2.26. The van der Waals surface area contributed by atoms with Crippen LogP contribution >= 0.6 is 12.2 Å². The molecule has 0 bridgehead atoms. The molecular formula is C15H19N3OS. The Balaban J connectivity index is 1.72. The van der Waals surface area contributed by atoms with E-state index in [1.54, 1.807) is 0 Å². The van der Waals surface area contributed by atoms with Crippen molar-refractivity contribution in [3.05, 3.63) is 29.8 Å². The van der Waals surface area contributed by atoms with Crippen molar-refractivity contribution >= 4 is 28.8 Å². The van der Waals surface area contributed by atoms with E-state index in [4.69, 9.17) is 12.2 Å². The Morgan fingerprint density at radius 3 is 2.55 bits per heavy atom. The topological polar surface area (TPSA) is 26.8 Å². The number of para-hydroxylation sites is 1. The fraction of sp³-hybridized carbons (Fsp3) is 0.467.